The number of ether oxygens (including phenoxy) is 2. The van der Waals surface area contributed by atoms with Crippen LogP contribution in [-0.4, -0.2) is 38.5 Å². The number of amides is 1. The Morgan fingerprint density at radius 2 is 2.03 bits per heavy atom. The second-order valence-corrected chi connectivity index (χ2v) is 7.43. The number of carbonyl (C=O) groups excluding carboxylic acids is 1. The topological polar surface area (TPSA) is 121 Å². The van der Waals surface area contributed by atoms with Crippen LogP contribution in [0.25, 0.3) is 0 Å². The first kappa shape index (κ1) is 22.1. The minimum atomic E-state index is -0.575. The van der Waals surface area contributed by atoms with Crippen LogP contribution in [0.2, 0.25) is 0 Å². The molecule has 3 aromatic rings. The van der Waals surface area contributed by atoms with Gasteiger partial charge in [-0.05, 0) is 30.7 Å². The summed E-state index contributed by atoms with van der Waals surface area (Å²) in [6.45, 7) is 2.19. The fourth-order valence-corrected chi connectivity index (χ4v) is 3.40. The lowest BCUT2D eigenvalue weighted by Gasteiger charge is -2.09. The minimum absolute atomic E-state index is 0.00775. The number of aryl methyl sites for hydroxylation is 1. The van der Waals surface area contributed by atoms with Crippen molar-refractivity contribution in [1.82, 2.24) is 14.8 Å². The molecule has 0 aliphatic carbocycles. The van der Waals surface area contributed by atoms with Gasteiger partial charge in [0.1, 0.15) is 23.8 Å². The van der Waals surface area contributed by atoms with Crippen molar-refractivity contribution in [2.45, 2.75) is 18.7 Å². The van der Waals surface area contributed by atoms with Crippen molar-refractivity contribution in [3.63, 3.8) is 0 Å². The van der Waals surface area contributed by atoms with E-state index in [0.717, 1.165) is 11.3 Å². The molecule has 1 heterocycles. The van der Waals surface area contributed by atoms with Crippen LogP contribution in [0.15, 0.2) is 47.6 Å². The maximum absolute atomic E-state index is 12.3. The molecule has 2 aromatic carbocycles. The van der Waals surface area contributed by atoms with Gasteiger partial charge in [-0.15, -0.1) is 10.2 Å². The molecule has 0 aliphatic heterocycles. The number of nitrogens with one attached hydrogen (secondary N) is 1. The first-order chi connectivity index (χ1) is 14.9. The number of aromatic nitrogens is 3. The van der Waals surface area contributed by atoms with E-state index in [4.69, 9.17) is 9.47 Å². The molecule has 1 aromatic heterocycles. The van der Waals surface area contributed by atoms with Crippen molar-refractivity contribution in [1.29, 1.82) is 0 Å². The fraction of sp³-hybridized carbons (Fsp3) is 0.250. The van der Waals surface area contributed by atoms with Crippen molar-refractivity contribution in [3.8, 4) is 11.5 Å². The van der Waals surface area contributed by atoms with Crippen LogP contribution >= 0.6 is 11.8 Å². The number of nitro groups is 1. The highest BCUT2D eigenvalue weighted by Crippen LogP contribution is 2.29. The van der Waals surface area contributed by atoms with Crippen molar-refractivity contribution >= 4 is 29.0 Å². The Balaban J connectivity index is 1.59. The molecule has 0 aliphatic rings. The van der Waals surface area contributed by atoms with E-state index >= 15 is 0 Å². The molecule has 3 rings (SSSR count). The summed E-state index contributed by atoms with van der Waals surface area (Å²) >= 11 is 1.17. The van der Waals surface area contributed by atoms with Crippen LogP contribution in [0.4, 0.5) is 11.4 Å². The molecule has 0 saturated heterocycles. The normalized spacial score (nSPS) is 10.5. The van der Waals surface area contributed by atoms with E-state index in [2.05, 4.69) is 15.5 Å². The van der Waals surface area contributed by atoms with Crippen LogP contribution in [0, 0.1) is 17.0 Å². The summed E-state index contributed by atoms with van der Waals surface area (Å²) in [4.78, 5) is 23.0. The number of carbonyl (C=O) groups is 1. The van der Waals surface area contributed by atoms with Gasteiger partial charge in [0.15, 0.2) is 11.0 Å². The molecule has 0 radical (unpaired) electrons. The molecule has 0 saturated carbocycles. The quantitative estimate of drug-likeness (QED) is 0.304. The number of para-hydroxylation sites is 1. The Kier molecular flexibility index (Phi) is 7.08. The van der Waals surface area contributed by atoms with Gasteiger partial charge in [-0.2, -0.15) is 0 Å². The number of rotatable bonds is 9. The van der Waals surface area contributed by atoms with Gasteiger partial charge in [0.05, 0.1) is 23.9 Å². The first-order valence-corrected chi connectivity index (χ1v) is 10.2. The first-order valence-electron chi connectivity index (χ1n) is 9.20. The molecule has 0 unspecified atom stereocenters. The summed E-state index contributed by atoms with van der Waals surface area (Å²) < 4.78 is 12.5. The molecule has 1 amide bonds. The van der Waals surface area contributed by atoms with E-state index in [1.807, 2.05) is 31.2 Å². The Morgan fingerprint density at radius 3 is 2.74 bits per heavy atom. The number of anilines is 1. The van der Waals surface area contributed by atoms with E-state index < -0.39 is 10.8 Å². The standard InChI is InChI=1S/C20H21N5O5S/c1-13-6-4-5-7-17(13)30-11-18-22-23-20(24(18)2)31-12-19(26)21-15-9-8-14(29-3)10-16(15)25(27)28/h4-10H,11-12H2,1-3H3,(H,21,26). The average molecular weight is 443 g/mol. The van der Waals surface area contributed by atoms with Crippen LogP contribution in [0.1, 0.15) is 11.4 Å². The Labute approximate surface area is 182 Å². The molecule has 0 atom stereocenters. The number of methoxy groups -OCH3 is 1. The van der Waals surface area contributed by atoms with Crippen molar-refractivity contribution in [2.75, 3.05) is 18.2 Å². The molecule has 31 heavy (non-hydrogen) atoms. The minimum Gasteiger partial charge on any atom is -0.496 e. The second-order valence-electron chi connectivity index (χ2n) is 6.49. The maximum Gasteiger partial charge on any atom is 0.296 e. The molecule has 10 nitrogen and oxygen atoms in total. The molecular formula is C20H21N5O5S. The zero-order chi connectivity index (χ0) is 22.4. The fourth-order valence-electron chi connectivity index (χ4n) is 2.67. The third-order valence-corrected chi connectivity index (χ3v) is 5.40. The summed E-state index contributed by atoms with van der Waals surface area (Å²) in [6, 6.07) is 11.9. The summed E-state index contributed by atoms with van der Waals surface area (Å²) in [7, 11) is 3.19. The number of hydrogen-bond acceptors (Lipinski definition) is 8. The van der Waals surface area contributed by atoms with Gasteiger partial charge < -0.3 is 19.4 Å². The van der Waals surface area contributed by atoms with E-state index in [-0.39, 0.29) is 23.7 Å². The van der Waals surface area contributed by atoms with Crippen LogP contribution < -0.4 is 14.8 Å². The molecule has 0 bridgehead atoms. The van der Waals surface area contributed by atoms with Crippen molar-refractivity contribution in [2.24, 2.45) is 7.05 Å². The molecule has 0 spiro atoms. The molecular weight excluding hydrogens is 422 g/mol. The average Bonchev–Trinajstić information content (AvgIpc) is 3.11. The lowest BCUT2D eigenvalue weighted by molar-refractivity contribution is -0.384. The van der Waals surface area contributed by atoms with Crippen molar-refractivity contribution in [3.05, 3.63) is 64.0 Å². The number of benzene rings is 2. The number of nitro benzene ring substituents is 1. The predicted octanol–water partition coefficient (Wildman–Crippen LogP) is 3.35. The van der Waals surface area contributed by atoms with E-state index in [9.17, 15) is 14.9 Å². The number of nitrogens with zero attached hydrogens (tertiary/aromatic N) is 4. The molecule has 1 N–H and O–H groups in total. The lowest BCUT2D eigenvalue weighted by atomic mass is 10.2. The van der Waals surface area contributed by atoms with E-state index in [1.165, 1.54) is 31.0 Å². The van der Waals surface area contributed by atoms with Crippen LogP contribution in [0.5, 0.6) is 11.5 Å². The summed E-state index contributed by atoms with van der Waals surface area (Å²) in [5.74, 6) is 1.31. The smallest absolute Gasteiger partial charge is 0.296 e. The zero-order valence-electron chi connectivity index (χ0n) is 17.2. The van der Waals surface area contributed by atoms with Gasteiger partial charge in [0.25, 0.3) is 5.69 Å². The SMILES string of the molecule is COc1ccc(NC(=O)CSc2nnc(COc3ccccc3C)n2C)c([N+](=O)[O-])c1. The van der Waals surface area contributed by atoms with Gasteiger partial charge in [0.2, 0.25) is 5.91 Å². The maximum atomic E-state index is 12.3. The monoisotopic (exact) mass is 443 g/mol. The third kappa shape index (κ3) is 5.51. The van der Waals surface area contributed by atoms with Crippen LogP contribution in [0.3, 0.4) is 0 Å². The third-order valence-electron chi connectivity index (χ3n) is 4.38. The van der Waals surface area contributed by atoms with Gasteiger partial charge >= 0.3 is 0 Å². The van der Waals surface area contributed by atoms with Gasteiger partial charge in [-0.3, -0.25) is 14.9 Å². The highest BCUT2D eigenvalue weighted by molar-refractivity contribution is 7.99. The van der Waals surface area contributed by atoms with Crippen LogP contribution in [-0.2, 0) is 18.4 Å². The molecule has 162 valence electrons. The zero-order valence-corrected chi connectivity index (χ0v) is 18.0. The Bertz CT molecular complexity index is 1100. The van der Waals surface area contributed by atoms with Crippen molar-refractivity contribution < 1.29 is 19.2 Å². The van der Waals surface area contributed by atoms with Gasteiger partial charge in [-0.1, -0.05) is 30.0 Å². The molecule has 0 fully saturated rings. The molecule has 11 heteroatoms. The highest BCUT2D eigenvalue weighted by atomic mass is 32.2. The van der Waals surface area contributed by atoms with E-state index in [1.54, 1.807) is 17.7 Å². The largest absolute Gasteiger partial charge is 0.496 e. The van der Waals surface area contributed by atoms with Gasteiger partial charge in [0, 0.05) is 7.05 Å². The summed E-state index contributed by atoms with van der Waals surface area (Å²) in [5, 5.41) is 22.5. The number of thioether (sulfide) groups is 1. The predicted molar refractivity (Wildman–Crippen MR) is 116 cm³/mol. The Morgan fingerprint density at radius 1 is 1.26 bits per heavy atom. The number of hydrogen-bond donors (Lipinski definition) is 1. The van der Waals surface area contributed by atoms with Gasteiger partial charge in [-0.25, -0.2) is 0 Å². The Hall–Kier alpha value is -3.60. The lowest BCUT2D eigenvalue weighted by Crippen LogP contribution is -2.15. The summed E-state index contributed by atoms with van der Waals surface area (Å²) in [6.07, 6.45) is 0. The summed E-state index contributed by atoms with van der Waals surface area (Å²) in [5.41, 5.74) is 0.872. The second kappa shape index (κ2) is 9.94. The van der Waals surface area contributed by atoms with E-state index in [0.29, 0.717) is 16.7 Å². The highest BCUT2D eigenvalue weighted by Gasteiger charge is 2.18.